The van der Waals surface area contributed by atoms with Gasteiger partial charge in [0.2, 0.25) is 5.91 Å². The second kappa shape index (κ2) is 5.79. The van der Waals surface area contributed by atoms with E-state index in [-0.39, 0.29) is 5.91 Å². The smallest absolute Gasteiger partial charge is 0.230 e. The van der Waals surface area contributed by atoms with Gasteiger partial charge in [0, 0.05) is 18.5 Å². The van der Waals surface area contributed by atoms with Crippen LogP contribution in [-0.4, -0.2) is 34.2 Å². The summed E-state index contributed by atoms with van der Waals surface area (Å²) in [6.07, 6.45) is 1.29. The summed E-state index contributed by atoms with van der Waals surface area (Å²) in [5.41, 5.74) is 0.400. The number of carbonyl (C=O) groups is 1. The zero-order chi connectivity index (χ0) is 15.6. The van der Waals surface area contributed by atoms with Crippen LogP contribution in [0.4, 0.5) is 0 Å². The van der Waals surface area contributed by atoms with E-state index in [1.54, 1.807) is 0 Å². The fraction of sp³-hybridized carbons (Fsp3) is 0.438. The number of amides is 1. The number of rotatable bonds is 4. The first-order valence-corrected chi connectivity index (χ1v) is 7.48. The molecule has 2 heterocycles. The van der Waals surface area contributed by atoms with Crippen LogP contribution in [0.3, 0.4) is 0 Å². The molecule has 1 aliphatic heterocycles. The van der Waals surface area contributed by atoms with Gasteiger partial charge in [0.15, 0.2) is 5.82 Å². The normalized spacial score (nSPS) is 20.1. The molecule has 2 aromatic rings. The van der Waals surface area contributed by atoms with Crippen molar-refractivity contribution in [1.82, 2.24) is 20.5 Å². The third kappa shape index (κ3) is 2.68. The summed E-state index contributed by atoms with van der Waals surface area (Å²) in [6, 6.07) is 7.74. The molecule has 0 saturated carbocycles. The van der Waals surface area contributed by atoms with Gasteiger partial charge in [0.05, 0.1) is 12.0 Å². The van der Waals surface area contributed by atoms with E-state index in [2.05, 4.69) is 20.5 Å². The minimum atomic E-state index is -0.552. The Labute approximate surface area is 129 Å². The van der Waals surface area contributed by atoms with E-state index in [1.807, 2.05) is 38.1 Å². The first-order valence-electron chi connectivity index (χ1n) is 7.48. The number of ether oxygens (including phenoxy) is 1. The Kier molecular flexibility index (Phi) is 3.83. The third-order valence-corrected chi connectivity index (χ3v) is 4.12. The Morgan fingerprint density at radius 3 is 3.05 bits per heavy atom. The van der Waals surface area contributed by atoms with E-state index in [0.717, 1.165) is 23.0 Å². The van der Waals surface area contributed by atoms with E-state index < -0.39 is 5.41 Å². The first-order chi connectivity index (χ1) is 10.6. The Morgan fingerprint density at radius 2 is 2.27 bits per heavy atom. The van der Waals surface area contributed by atoms with Crippen LogP contribution in [0, 0.1) is 6.92 Å². The maximum absolute atomic E-state index is 12.7. The highest BCUT2D eigenvalue weighted by Gasteiger charge is 2.39. The van der Waals surface area contributed by atoms with Crippen LogP contribution in [0.5, 0.6) is 5.75 Å². The number of para-hydroxylation sites is 1. The van der Waals surface area contributed by atoms with Crippen molar-refractivity contribution in [3.8, 4) is 5.75 Å². The Balaban J connectivity index is 1.67. The topological polar surface area (TPSA) is 79.9 Å². The molecule has 0 spiro atoms. The molecule has 0 fully saturated rings. The van der Waals surface area contributed by atoms with Crippen LogP contribution in [-0.2, 0) is 16.6 Å². The summed E-state index contributed by atoms with van der Waals surface area (Å²) in [5.74, 6) is 2.33. The number of aryl methyl sites for hydroxylation is 1. The van der Waals surface area contributed by atoms with E-state index in [4.69, 9.17) is 4.74 Å². The van der Waals surface area contributed by atoms with Crippen LogP contribution >= 0.6 is 0 Å². The number of H-pyrrole nitrogens is 1. The number of aromatic nitrogens is 3. The minimum Gasteiger partial charge on any atom is -0.493 e. The third-order valence-electron chi connectivity index (χ3n) is 4.12. The predicted octanol–water partition coefficient (Wildman–Crippen LogP) is 1.51. The van der Waals surface area contributed by atoms with Gasteiger partial charge in [0.25, 0.3) is 0 Å². The highest BCUT2D eigenvalue weighted by molar-refractivity contribution is 5.88. The molecule has 1 aliphatic rings. The molecule has 1 amide bonds. The molecular formula is C16H20N4O2. The molecule has 0 saturated heterocycles. The number of benzene rings is 1. The van der Waals surface area contributed by atoms with Gasteiger partial charge in [-0.25, -0.2) is 4.98 Å². The van der Waals surface area contributed by atoms with Crippen molar-refractivity contribution < 1.29 is 9.53 Å². The van der Waals surface area contributed by atoms with E-state index in [9.17, 15) is 4.79 Å². The van der Waals surface area contributed by atoms with Gasteiger partial charge in [-0.3, -0.25) is 9.89 Å². The SMILES string of the molecule is Cc1nc(CCNC(=O)C2(C)CCOc3ccccc32)n[nH]1. The monoisotopic (exact) mass is 300 g/mol. The molecule has 22 heavy (non-hydrogen) atoms. The summed E-state index contributed by atoms with van der Waals surface area (Å²) in [4.78, 5) is 16.9. The number of hydrogen-bond acceptors (Lipinski definition) is 4. The summed E-state index contributed by atoms with van der Waals surface area (Å²) in [6.45, 7) is 4.91. The standard InChI is InChI=1S/C16H20N4O2/c1-11-18-14(20-19-11)7-9-17-15(21)16(2)8-10-22-13-6-4-3-5-12(13)16/h3-6H,7-10H2,1-2H3,(H,17,21)(H,18,19,20). The summed E-state index contributed by atoms with van der Waals surface area (Å²) < 4.78 is 5.64. The Hall–Kier alpha value is -2.37. The van der Waals surface area contributed by atoms with Crippen molar-refractivity contribution in [1.29, 1.82) is 0 Å². The summed E-state index contributed by atoms with van der Waals surface area (Å²) >= 11 is 0. The van der Waals surface area contributed by atoms with E-state index in [1.165, 1.54) is 0 Å². The maximum atomic E-state index is 12.7. The lowest BCUT2D eigenvalue weighted by molar-refractivity contribution is -0.127. The van der Waals surface area contributed by atoms with Gasteiger partial charge in [0.1, 0.15) is 11.6 Å². The van der Waals surface area contributed by atoms with Crippen LogP contribution in [0.25, 0.3) is 0 Å². The molecule has 1 unspecified atom stereocenters. The molecule has 0 radical (unpaired) electrons. The average Bonchev–Trinajstić information content (AvgIpc) is 2.93. The number of aromatic amines is 1. The molecule has 3 rings (SSSR count). The summed E-state index contributed by atoms with van der Waals surface area (Å²) in [5, 5.41) is 9.87. The largest absolute Gasteiger partial charge is 0.493 e. The van der Waals surface area contributed by atoms with Crippen molar-refractivity contribution >= 4 is 5.91 Å². The number of fused-ring (bicyclic) bond motifs is 1. The number of nitrogens with zero attached hydrogens (tertiary/aromatic N) is 2. The van der Waals surface area contributed by atoms with E-state index in [0.29, 0.717) is 26.0 Å². The fourth-order valence-electron chi connectivity index (χ4n) is 2.77. The molecular weight excluding hydrogens is 280 g/mol. The molecule has 2 N–H and O–H groups in total. The highest BCUT2D eigenvalue weighted by Crippen LogP contribution is 2.38. The molecule has 116 valence electrons. The van der Waals surface area contributed by atoms with Gasteiger partial charge in [-0.05, 0) is 26.3 Å². The minimum absolute atomic E-state index is 0.0236. The lowest BCUT2D eigenvalue weighted by Crippen LogP contribution is -2.45. The quantitative estimate of drug-likeness (QED) is 0.897. The second-order valence-corrected chi connectivity index (χ2v) is 5.77. The van der Waals surface area contributed by atoms with Crippen molar-refractivity contribution in [2.24, 2.45) is 0 Å². The zero-order valence-corrected chi connectivity index (χ0v) is 12.8. The average molecular weight is 300 g/mol. The van der Waals surface area contributed by atoms with Crippen molar-refractivity contribution in [2.75, 3.05) is 13.2 Å². The van der Waals surface area contributed by atoms with E-state index >= 15 is 0 Å². The van der Waals surface area contributed by atoms with Crippen LogP contribution in [0.15, 0.2) is 24.3 Å². The van der Waals surface area contributed by atoms with Gasteiger partial charge in [-0.15, -0.1) is 0 Å². The Morgan fingerprint density at radius 1 is 1.45 bits per heavy atom. The number of carbonyl (C=O) groups excluding carboxylic acids is 1. The molecule has 0 aliphatic carbocycles. The zero-order valence-electron chi connectivity index (χ0n) is 12.8. The molecule has 1 aromatic heterocycles. The first kappa shape index (κ1) is 14.6. The van der Waals surface area contributed by atoms with Crippen LogP contribution in [0.1, 0.15) is 30.6 Å². The molecule has 6 heteroatoms. The maximum Gasteiger partial charge on any atom is 0.230 e. The Bertz CT molecular complexity index is 682. The van der Waals surface area contributed by atoms with Gasteiger partial charge in [-0.2, -0.15) is 5.10 Å². The van der Waals surface area contributed by atoms with Crippen molar-refractivity contribution in [3.63, 3.8) is 0 Å². The number of hydrogen-bond donors (Lipinski definition) is 2. The van der Waals surface area contributed by atoms with Crippen LogP contribution in [0.2, 0.25) is 0 Å². The van der Waals surface area contributed by atoms with Crippen molar-refractivity contribution in [2.45, 2.75) is 32.1 Å². The summed E-state index contributed by atoms with van der Waals surface area (Å²) in [7, 11) is 0. The van der Waals surface area contributed by atoms with Crippen molar-refractivity contribution in [3.05, 3.63) is 41.5 Å². The van der Waals surface area contributed by atoms with Gasteiger partial charge in [-0.1, -0.05) is 18.2 Å². The molecule has 6 nitrogen and oxygen atoms in total. The van der Waals surface area contributed by atoms with Gasteiger partial charge < -0.3 is 10.1 Å². The second-order valence-electron chi connectivity index (χ2n) is 5.77. The van der Waals surface area contributed by atoms with Crippen LogP contribution < -0.4 is 10.1 Å². The van der Waals surface area contributed by atoms with Gasteiger partial charge >= 0.3 is 0 Å². The fourth-order valence-corrected chi connectivity index (χ4v) is 2.77. The highest BCUT2D eigenvalue weighted by atomic mass is 16.5. The lowest BCUT2D eigenvalue weighted by atomic mass is 9.77. The molecule has 1 aromatic carbocycles. The predicted molar refractivity (Wildman–Crippen MR) is 81.7 cm³/mol. The lowest BCUT2D eigenvalue weighted by Gasteiger charge is -2.34. The number of nitrogens with one attached hydrogen (secondary N) is 2. The molecule has 1 atom stereocenters. The molecule has 0 bridgehead atoms.